The molecule has 1 unspecified atom stereocenters. The molecule has 1 fully saturated rings. The normalized spacial score (nSPS) is 16.7. The lowest BCUT2D eigenvalue weighted by Crippen LogP contribution is -2.42. The zero-order chi connectivity index (χ0) is 21.4. The van der Waals surface area contributed by atoms with Gasteiger partial charge in [-0.15, -0.1) is 0 Å². The van der Waals surface area contributed by atoms with Crippen molar-refractivity contribution in [2.75, 3.05) is 26.3 Å². The van der Waals surface area contributed by atoms with Crippen molar-refractivity contribution < 1.29 is 24.2 Å². The fourth-order valence-corrected chi connectivity index (χ4v) is 4.23. The smallest absolute Gasteiger partial charge is 0.409 e. The molecule has 6 nitrogen and oxygen atoms in total. The lowest BCUT2D eigenvalue weighted by Gasteiger charge is -2.32. The molecule has 1 saturated heterocycles. The number of esters is 1. The minimum atomic E-state index is -1.83. The van der Waals surface area contributed by atoms with Crippen LogP contribution in [0.4, 0.5) is 4.79 Å². The predicted octanol–water partition coefficient (Wildman–Crippen LogP) is 4.18. The molecule has 1 atom stereocenters. The summed E-state index contributed by atoms with van der Waals surface area (Å²) < 4.78 is 10.8. The SMILES string of the molecule is CCCCOC(=O)N1CCC(COC(=O)C(O)(c2ccccc2)c2ccsc2)CC1. The van der Waals surface area contributed by atoms with Crippen molar-refractivity contribution in [1.29, 1.82) is 0 Å². The first-order chi connectivity index (χ1) is 14.6. The summed E-state index contributed by atoms with van der Waals surface area (Å²) in [5.41, 5.74) is -0.836. The number of ether oxygens (including phenoxy) is 2. The van der Waals surface area contributed by atoms with Crippen LogP contribution < -0.4 is 0 Å². The van der Waals surface area contributed by atoms with E-state index in [1.807, 2.05) is 11.4 Å². The zero-order valence-corrected chi connectivity index (χ0v) is 18.1. The Morgan fingerprint density at radius 2 is 1.87 bits per heavy atom. The highest BCUT2D eigenvalue weighted by Crippen LogP contribution is 2.33. The van der Waals surface area contributed by atoms with Crippen LogP contribution in [0.15, 0.2) is 47.2 Å². The van der Waals surface area contributed by atoms with Crippen LogP contribution in [0.3, 0.4) is 0 Å². The molecule has 0 aliphatic carbocycles. The number of unbranched alkanes of at least 4 members (excludes halogenated alkanes) is 1. The van der Waals surface area contributed by atoms with Gasteiger partial charge in [-0.25, -0.2) is 9.59 Å². The molecule has 1 N–H and O–H groups in total. The van der Waals surface area contributed by atoms with E-state index in [4.69, 9.17) is 9.47 Å². The van der Waals surface area contributed by atoms with Gasteiger partial charge in [0.2, 0.25) is 5.60 Å². The summed E-state index contributed by atoms with van der Waals surface area (Å²) in [6.45, 7) is 3.89. The minimum absolute atomic E-state index is 0.149. The van der Waals surface area contributed by atoms with E-state index in [0.717, 1.165) is 25.7 Å². The van der Waals surface area contributed by atoms with E-state index in [1.165, 1.54) is 11.3 Å². The van der Waals surface area contributed by atoms with Crippen molar-refractivity contribution in [2.45, 2.75) is 38.2 Å². The molecule has 2 heterocycles. The maximum absolute atomic E-state index is 13.0. The number of thiophene rings is 1. The molecule has 162 valence electrons. The Bertz CT molecular complexity index is 802. The highest BCUT2D eigenvalue weighted by Gasteiger charge is 2.42. The van der Waals surface area contributed by atoms with E-state index in [1.54, 1.807) is 40.6 Å². The fourth-order valence-electron chi connectivity index (χ4n) is 3.53. The Balaban J connectivity index is 1.55. The van der Waals surface area contributed by atoms with Crippen molar-refractivity contribution >= 4 is 23.4 Å². The van der Waals surface area contributed by atoms with Crippen LogP contribution in [0, 0.1) is 5.92 Å². The van der Waals surface area contributed by atoms with Gasteiger partial charge in [-0.2, -0.15) is 11.3 Å². The van der Waals surface area contributed by atoms with Crippen molar-refractivity contribution in [1.82, 2.24) is 4.90 Å². The second-order valence-corrected chi connectivity index (χ2v) is 8.37. The number of hydrogen-bond acceptors (Lipinski definition) is 6. The number of piperidine rings is 1. The molecule has 1 aliphatic heterocycles. The van der Waals surface area contributed by atoms with Gasteiger partial charge in [-0.3, -0.25) is 0 Å². The molecule has 0 bridgehead atoms. The third-order valence-electron chi connectivity index (χ3n) is 5.47. The standard InChI is InChI=1S/C23H29NO5S/c1-2-3-14-28-22(26)24-12-9-18(10-13-24)16-29-21(25)23(27,20-11-15-30-17-20)19-7-5-4-6-8-19/h4-8,11,15,17-18,27H,2-3,9-10,12-14,16H2,1H3. The summed E-state index contributed by atoms with van der Waals surface area (Å²) in [5.74, 6) is -0.523. The van der Waals surface area contributed by atoms with E-state index in [0.29, 0.717) is 30.8 Å². The fraction of sp³-hybridized carbons (Fsp3) is 0.478. The topological polar surface area (TPSA) is 76.1 Å². The molecular formula is C23H29NO5S. The summed E-state index contributed by atoms with van der Waals surface area (Å²) in [4.78, 5) is 26.7. The summed E-state index contributed by atoms with van der Waals surface area (Å²) in [6, 6.07) is 10.6. The minimum Gasteiger partial charge on any atom is -0.463 e. The van der Waals surface area contributed by atoms with Crippen LogP contribution in [-0.2, 0) is 19.9 Å². The van der Waals surface area contributed by atoms with Crippen LogP contribution in [0.5, 0.6) is 0 Å². The van der Waals surface area contributed by atoms with Crippen molar-refractivity contribution in [2.24, 2.45) is 5.92 Å². The number of aliphatic hydroxyl groups is 1. The van der Waals surface area contributed by atoms with Gasteiger partial charge in [0.05, 0.1) is 13.2 Å². The van der Waals surface area contributed by atoms with Gasteiger partial charge in [0, 0.05) is 18.7 Å². The van der Waals surface area contributed by atoms with Gasteiger partial charge in [-0.05, 0) is 47.6 Å². The van der Waals surface area contributed by atoms with E-state index in [-0.39, 0.29) is 18.6 Å². The summed E-state index contributed by atoms with van der Waals surface area (Å²) >= 11 is 1.42. The third-order valence-corrected chi connectivity index (χ3v) is 6.16. The lowest BCUT2D eigenvalue weighted by molar-refractivity contribution is -0.164. The van der Waals surface area contributed by atoms with Gasteiger partial charge >= 0.3 is 12.1 Å². The number of nitrogens with zero attached hydrogens (tertiary/aromatic N) is 1. The largest absolute Gasteiger partial charge is 0.463 e. The van der Waals surface area contributed by atoms with Crippen molar-refractivity contribution in [3.8, 4) is 0 Å². The molecule has 0 spiro atoms. The van der Waals surface area contributed by atoms with Crippen molar-refractivity contribution in [3.63, 3.8) is 0 Å². The van der Waals surface area contributed by atoms with Crippen LogP contribution in [-0.4, -0.2) is 48.4 Å². The van der Waals surface area contributed by atoms with E-state index in [2.05, 4.69) is 6.92 Å². The Kier molecular flexibility index (Phi) is 7.87. The Morgan fingerprint density at radius 3 is 2.50 bits per heavy atom. The number of hydrogen-bond donors (Lipinski definition) is 1. The molecule has 1 aromatic heterocycles. The second-order valence-electron chi connectivity index (χ2n) is 7.59. The molecular weight excluding hydrogens is 402 g/mol. The second kappa shape index (κ2) is 10.6. The highest BCUT2D eigenvalue weighted by atomic mass is 32.1. The summed E-state index contributed by atoms with van der Waals surface area (Å²) in [6.07, 6.45) is 3.06. The molecule has 7 heteroatoms. The molecule has 3 rings (SSSR count). The van der Waals surface area contributed by atoms with Gasteiger partial charge in [-0.1, -0.05) is 43.7 Å². The Labute approximate surface area is 181 Å². The van der Waals surface area contributed by atoms with Gasteiger partial charge in [0.1, 0.15) is 0 Å². The molecule has 2 aromatic rings. The van der Waals surface area contributed by atoms with E-state index in [9.17, 15) is 14.7 Å². The maximum atomic E-state index is 13.0. The summed E-state index contributed by atoms with van der Waals surface area (Å²) in [5, 5.41) is 14.9. The van der Waals surface area contributed by atoms with Gasteiger partial charge < -0.3 is 19.5 Å². The van der Waals surface area contributed by atoms with Crippen molar-refractivity contribution in [3.05, 3.63) is 58.3 Å². The molecule has 30 heavy (non-hydrogen) atoms. The first kappa shape index (κ1) is 22.3. The molecule has 0 saturated carbocycles. The Hall–Kier alpha value is -2.38. The molecule has 1 amide bonds. The number of benzene rings is 1. The number of carbonyl (C=O) groups is 2. The van der Waals surface area contributed by atoms with Gasteiger partial charge in [0.15, 0.2) is 0 Å². The summed E-state index contributed by atoms with van der Waals surface area (Å²) in [7, 11) is 0. The van der Waals surface area contributed by atoms with Crippen LogP contribution in [0.1, 0.15) is 43.7 Å². The predicted molar refractivity (Wildman–Crippen MR) is 115 cm³/mol. The first-order valence-corrected chi connectivity index (χ1v) is 11.4. The van der Waals surface area contributed by atoms with Crippen LogP contribution >= 0.6 is 11.3 Å². The maximum Gasteiger partial charge on any atom is 0.409 e. The Morgan fingerprint density at radius 1 is 1.13 bits per heavy atom. The van der Waals surface area contributed by atoms with E-state index >= 15 is 0 Å². The number of rotatable bonds is 8. The third kappa shape index (κ3) is 5.21. The monoisotopic (exact) mass is 431 g/mol. The molecule has 0 radical (unpaired) electrons. The zero-order valence-electron chi connectivity index (χ0n) is 17.3. The van der Waals surface area contributed by atoms with Crippen LogP contribution in [0.25, 0.3) is 0 Å². The van der Waals surface area contributed by atoms with E-state index < -0.39 is 11.6 Å². The first-order valence-electron chi connectivity index (χ1n) is 10.4. The average molecular weight is 432 g/mol. The average Bonchev–Trinajstić information content (AvgIpc) is 3.33. The quantitative estimate of drug-likeness (QED) is 0.501. The number of carbonyl (C=O) groups excluding carboxylic acids is 2. The van der Waals surface area contributed by atoms with Gasteiger partial charge in [0.25, 0.3) is 0 Å². The molecule has 1 aromatic carbocycles. The highest BCUT2D eigenvalue weighted by molar-refractivity contribution is 7.08. The number of amides is 1. The van der Waals surface area contributed by atoms with Crippen LogP contribution in [0.2, 0.25) is 0 Å². The molecule has 1 aliphatic rings. The lowest BCUT2D eigenvalue weighted by atomic mass is 9.88. The number of likely N-dealkylation sites (tertiary alicyclic amines) is 1.